The monoisotopic (exact) mass is 260 g/mol. The number of pyridine rings is 1. The van der Waals surface area contributed by atoms with Crippen LogP contribution in [0.4, 0.5) is 5.69 Å². The zero-order chi connectivity index (χ0) is 13.8. The zero-order valence-electron chi connectivity index (χ0n) is 11.6. The molecule has 0 unspecified atom stereocenters. The molecule has 1 N–H and O–H groups in total. The number of hydrogen-bond acceptors (Lipinski definition) is 2. The van der Waals surface area contributed by atoms with Crippen molar-refractivity contribution in [3.05, 3.63) is 37.2 Å². The molecular formula is C16H24N2O. The summed E-state index contributed by atoms with van der Waals surface area (Å²) in [4.78, 5) is 15.6. The van der Waals surface area contributed by atoms with Crippen molar-refractivity contribution >= 4 is 11.6 Å². The van der Waals surface area contributed by atoms with Gasteiger partial charge in [-0.2, -0.15) is 0 Å². The number of amides is 1. The van der Waals surface area contributed by atoms with Gasteiger partial charge < -0.3 is 5.32 Å². The zero-order valence-corrected chi connectivity index (χ0v) is 11.6. The van der Waals surface area contributed by atoms with Crippen LogP contribution in [0, 0.1) is 0 Å². The lowest BCUT2D eigenvalue weighted by Gasteiger charge is -2.04. The van der Waals surface area contributed by atoms with Gasteiger partial charge in [0.25, 0.3) is 0 Å². The minimum atomic E-state index is 0.0830. The number of unbranched alkanes of at least 4 members (excludes halogenated alkanes) is 6. The van der Waals surface area contributed by atoms with E-state index in [1.54, 1.807) is 12.4 Å². The number of aromatic nitrogens is 1. The number of allylic oxidation sites excluding steroid dienone is 1. The van der Waals surface area contributed by atoms with Crippen LogP contribution in [-0.4, -0.2) is 10.9 Å². The molecule has 0 saturated carbocycles. The third kappa shape index (κ3) is 8.14. The quantitative estimate of drug-likeness (QED) is 0.502. The Bertz CT molecular complexity index is 362. The van der Waals surface area contributed by atoms with Gasteiger partial charge in [-0.25, -0.2) is 0 Å². The van der Waals surface area contributed by atoms with Gasteiger partial charge in [0.1, 0.15) is 0 Å². The predicted octanol–water partition coefficient (Wildman–Crippen LogP) is 4.33. The number of anilines is 1. The van der Waals surface area contributed by atoms with Gasteiger partial charge in [-0.3, -0.25) is 9.78 Å². The van der Waals surface area contributed by atoms with Crippen molar-refractivity contribution in [2.45, 2.75) is 51.4 Å². The summed E-state index contributed by atoms with van der Waals surface area (Å²) >= 11 is 0. The van der Waals surface area contributed by atoms with Crippen molar-refractivity contribution in [1.82, 2.24) is 4.98 Å². The Hall–Kier alpha value is -1.64. The molecule has 0 radical (unpaired) electrons. The number of hydrogen-bond donors (Lipinski definition) is 1. The van der Waals surface area contributed by atoms with Crippen LogP contribution in [-0.2, 0) is 4.79 Å². The Morgan fingerprint density at radius 3 is 2.63 bits per heavy atom. The summed E-state index contributed by atoms with van der Waals surface area (Å²) in [7, 11) is 0. The Morgan fingerprint density at radius 2 is 1.95 bits per heavy atom. The third-order valence-electron chi connectivity index (χ3n) is 3.01. The lowest BCUT2D eigenvalue weighted by atomic mass is 10.1. The molecule has 3 heteroatoms. The second kappa shape index (κ2) is 10.3. The second-order valence-corrected chi connectivity index (χ2v) is 4.74. The highest BCUT2D eigenvalue weighted by atomic mass is 16.1. The van der Waals surface area contributed by atoms with Gasteiger partial charge in [-0.15, -0.1) is 6.58 Å². The topological polar surface area (TPSA) is 42.0 Å². The summed E-state index contributed by atoms with van der Waals surface area (Å²) in [6, 6.07) is 3.67. The molecule has 3 nitrogen and oxygen atoms in total. The first-order valence-corrected chi connectivity index (χ1v) is 7.13. The van der Waals surface area contributed by atoms with Crippen LogP contribution in [0.5, 0.6) is 0 Å². The maximum absolute atomic E-state index is 11.6. The van der Waals surface area contributed by atoms with Gasteiger partial charge in [0.05, 0.1) is 11.9 Å². The smallest absolute Gasteiger partial charge is 0.224 e. The minimum absolute atomic E-state index is 0.0830. The maximum Gasteiger partial charge on any atom is 0.224 e. The maximum atomic E-state index is 11.6. The van der Waals surface area contributed by atoms with Crippen molar-refractivity contribution < 1.29 is 4.79 Å². The van der Waals surface area contributed by atoms with E-state index in [0.29, 0.717) is 6.42 Å². The fourth-order valence-corrected chi connectivity index (χ4v) is 1.94. The van der Waals surface area contributed by atoms with Crippen molar-refractivity contribution in [3.8, 4) is 0 Å². The predicted molar refractivity (Wildman–Crippen MR) is 80.0 cm³/mol. The molecule has 19 heavy (non-hydrogen) atoms. The van der Waals surface area contributed by atoms with Crippen molar-refractivity contribution in [1.29, 1.82) is 0 Å². The van der Waals surface area contributed by atoms with E-state index < -0.39 is 0 Å². The number of nitrogens with one attached hydrogen (secondary N) is 1. The van der Waals surface area contributed by atoms with Gasteiger partial charge in [0.15, 0.2) is 0 Å². The minimum Gasteiger partial charge on any atom is -0.325 e. The fraction of sp³-hybridized carbons (Fsp3) is 0.500. The fourth-order valence-electron chi connectivity index (χ4n) is 1.94. The highest BCUT2D eigenvalue weighted by Crippen LogP contribution is 2.10. The average molecular weight is 260 g/mol. The van der Waals surface area contributed by atoms with Crippen LogP contribution in [0.1, 0.15) is 51.4 Å². The number of nitrogens with zero attached hydrogens (tertiary/aromatic N) is 1. The van der Waals surface area contributed by atoms with E-state index in [-0.39, 0.29) is 5.91 Å². The second-order valence-electron chi connectivity index (χ2n) is 4.74. The van der Waals surface area contributed by atoms with Gasteiger partial charge in [0.2, 0.25) is 5.91 Å². The van der Waals surface area contributed by atoms with Gasteiger partial charge >= 0.3 is 0 Å². The number of carbonyl (C=O) groups is 1. The molecule has 0 aromatic carbocycles. The highest BCUT2D eigenvalue weighted by molar-refractivity contribution is 5.90. The molecule has 0 saturated heterocycles. The summed E-state index contributed by atoms with van der Waals surface area (Å²) in [6.45, 7) is 3.71. The molecule has 0 aliphatic carbocycles. The molecule has 0 bridgehead atoms. The summed E-state index contributed by atoms with van der Waals surface area (Å²) in [5, 5.41) is 2.85. The van der Waals surface area contributed by atoms with E-state index in [9.17, 15) is 4.79 Å². The van der Waals surface area contributed by atoms with Crippen LogP contribution < -0.4 is 5.32 Å². The largest absolute Gasteiger partial charge is 0.325 e. The van der Waals surface area contributed by atoms with E-state index in [2.05, 4.69) is 16.9 Å². The number of carbonyl (C=O) groups excluding carboxylic acids is 1. The molecular weight excluding hydrogens is 236 g/mol. The van der Waals surface area contributed by atoms with E-state index in [0.717, 1.165) is 24.9 Å². The summed E-state index contributed by atoms with van der Waals surface area (Å²) in [5.74, 6) is 0.0830. The van der Waals surface area contributed by atoms with Crippen LogP contribution in [0.25, 0.3) is 0 Å². The van der Waals surface area contributed by atoms with Crippen molar-refractivity contribution in [3.63, 3.8) is 0 Å². The van der Waals surface area contributed by atoms with E-state index in [1.165, 1.54) is 25.7 Å². The Kier molecular flexibility index (Phi) is 8.36. The molecule has 0 atom stereocenters. The van der Waals surface area contributed by atoms with Crippen LogP contribution in [0.2, 0.25) is 0 Å². The van der Waals surface area contributed by atoms with E-state index in [1.807, 2.05) is 18.2 Å². The first-order chi connectivity index (χ1) is 9.33. The molecule has 1 aromatic heterocycles. The highest BCUT2D eigenvalue weighted by Gasteiger charge is 2.01. The van der Waals surface area contributed by atoms with Crippen LogP contribution in [0.3, 0.4) is 0 Å². The normalized spacial score (nSPS) is 10.1. The molecule has 1 rings (SSSR count). The Balaban J connectivity index is 1.97. The van der Waals surface area contributed by atoms with Gasteiger partial charge in [0, 0.05) is 12.6 Å². The molecule has 0 spiro atoms. The summed E-state index contributed by atoms with van der Waals surface area (Å²) in [5.41, 5.74) is 0.775. The van der Waals surface area contributed by atoms with Crippen LogP contribution >= 0.6 is 0 Å². The molecule has 1 amide bonds. The summed E-state index contributed by atoms with van der Waals surface area (Å²) in [6.07, 6.45) is 14.1. The standard InChI is InChI=1S/C16H24N2O/c1-2-3-4-5-6-7-8-9-12-16(19)18-15-11-10-13-17-14-15/h2,10-11,13-14H,1,3-9,12H2,(H,18,19). The lowest BCUT2D eigenvalue weighted by Crippen LogP contribution is -2.11. The van der Waals surface area contributed by atoms with E-state index in [4.69, 9.17) is 0 Å². The Labute approximate surface area is 116 Å². The first kappa shape index (κ1) is 15.4. The molecule has 0 aliphatic rings. The molecule has 104 valence electrons. The molecule has 1 heterocycles. The third-order valence-corrected chi connectivity index (χ3v) is 3.01. The Morgan fingerprint density at radius 1 is 1.21 bits per heavy atom. The summed E-state index contributed by atoms with van der Waals surface area (Å²) < 4.78 is 0. The van der Waals surface area contributed by atoms with Crippen molar-refractivity contribution in [2.75, 3.05) is 5.32 Å². The molecule has 1 aromatic rings. The SMILES string of the molecule is C=CCCCCCCCCC(=O)Nc1cccnc1. The molecule has 0 aliphatic heterocycles. The van der Waals surface area contributed by atoms with E-state index >= 15 is 0 Å². The lowest BCUT2D eigenvalue weighted by molar-refractivity contribution is -0.116. The average Bonchev–Trinajstić information content (AvgIpc) is 2.43. The van der Waals surface area contributed by atoms with Crippen molar-refractivity contribution in [2.24, 2.45) is 0 Å². The first-order valence-electron chi connectivity index (χ1n) is 7.13. The van der Waals surface area contributed by atoms with Crippen LogP contribution in [0.15, 0.2) is 37.2 Å². The number of rotatable bonds is 10. The van der Waals surface area contributed by atoms with Gasteiger partial charge in [-0.05, 0) is 31.4 Å². The molecule has 0 fully saturated rings. The van der Waals surface area contributed by atoms with Gasteiger partial charge in [-0.1, -0.05) is 31.8 Å².